The minimum Gasteiger partial charge on any atom is -0.349 e. The molecule has 0 aliphatic heterocycles. The van der Waals surface area contributed by atoms with E-state index in [0.717, 1.165) is 10.7 Å². The lowest BCUT2D eigenvalue weighted by molar-refractivity contribution is -0.128. The average Bonchev–Trinajstić information content (AvgIpc) is 3.18. The monoisotopic (exact) mass is 379 g/mol. The average molecular weight is 380 g/mol. The fraction of sp³-hybridized carbons (Fsp3) is 0.471. The number of amides is 1. The summed E-state index contributed by atoms with van der Waals surface area (Å²) >= 11 is 2.90. The van der Waals surface area contributed by atoms with E-state index in [1.54, 1.807) is 5.38 Å². The lowest BCUT2D eigenvalue weighted by Crippen LogP contribution is -2.37. The van der Waals surface area contributed by atoms with Crippen molar-refractivity contribution in [2.24, 2.45) is 11.8 Å². The maximum Gasteiger partial charge on any atom is 0.224 e. The van der Waals surface area contributed by atoms with Crippen LogP contribution in [-0.4, -0.2) is 34.0 Å². The highest BCUT2D eigenvalue weighted by Crippen LogP contribution is 2.26. The summed E-state index contributed by atoms with van der Waals surface area (Å²) in [5.41, 5.74) is 1.13. The minimum absolute atomic E-state index is 0.0136. The van der Waals surface area contributed by atoms with Gasteiger partial charge < -0.3 is 5.32 Å². The molecule has 2 rings (SSSR count). The first-order valence-corrected chi connectivity index (χ1v) is 9.72. The summed E-state index contributed by atoms with van der Waals surface area (Å²) in [7, 11) is 0. The van der Waals surface area contributed by atoms with Crippen LogP contribution in [0.5, 0.6) is 0 Å². The van der Waals surface area contributed by atoms with Crippen molar-refractivity contribution in [1.82, 2.24) is 15.3 Å². The minimum atomic E-state index is -0.487. The molecule has 0 aromatic carbocycles. The van der Waals surface area contributed by atoms with Crippen molar-refractivity contribution >= 4 is 40.1 Å². The third-order valence-electron chi connectivity index (χ3n) is 3.69. The van der Waals surface area contributed by atoms with E-state index in [1.807, 2.05) is 26.2 Å². The zero-order valence-electron chi connectivity index (χ0n) is 14.7. The molecule has 2 heterocycles. The summed E-state index contributed by atoms with van der Waals surface area (Å²) < 4.78 is 0. The van der Waals surface area contributed by atoms with Gasteiger partial charge in [0.25, 0.3) is 0 Å². The maximum atomic E-state index is 12.5. The van der Waals surface area contributed by atoms with Crippen LogP contribution in [0.1, 0.15) is 42.7 Å². The molecule has 1 amide bonds. The number of aromatic nitrogens is 2. The molecule has 8 heteroatoms. The Bertz CT molecular complexity index is 780. The molecule has 25 heavy (non-hydrogen) atoms. The van der Waals surface area contributed by atoms with Crippen LogP contribution in [-0.2, 0) is 9.59 Å². The van der Waals surface area contributed by atoms with Crippen LogP contribution >= 0.6 is 22.7 Å². The molecule has 0 saturated heterocycles. The molecular weight excluding hydrogens is 358 g/mol. The number of nitrogens with zero attached hydrogens (tertiary/aromatic N) is 2. The van der Waals surface area contributed by atoms with Gasteiger partial charge in [0.15, 0.2) is 5.78 Å². The predicted octanol–water partition coefficient (Wildman–Crippen LogP) is 3.13. The topological polar surface area (TPSA) is 89.0 Å². The molecular formula is C17H21N3O3S2. The van der Waals surface area contributed by atoms with E-state index in [4.69, 9.17) is 0 Å². The molecule has 2 aromatic rings. The lowest BCUT2D eigenvalue weighted by atomic mass is 9.89. The van der Waals surface area contributed by atoms with Crippen molar-refractivity contribution in [1.29, 1.82) is 0 Å². The summed E-state index contributed by atoms with van der Waals surface area (Å²) in [6, 6.07) is 0. The Morgan fingerprint density at radius 3 is 2.44 bits per heavy atom. The molecule has 0 bridgehead atoms. The van der Waals surface area contributed by atoms with E-state index in [1.165, 1.54) is 29.6 Å². The van der Waals surface area contributed by atoms with E-state index in [-0.39, 0.29) is 36.4 Å². The third kappa shape index (κ3) is 5.27. The van der Waals surface area contributed by atoms with E-state index >= 15 is 0 Å². The number of thiazole rings is 2. The summed E-state index contributed by atoms with van der Waals surface area (Å²) in [6.45, 7) is 7.08. The predicted molar refractivity (Wildman–Crippen MR) is 98.9 cm³/mol. The normalized spacial score (nSPS) is 12.2. The van der Waals surface area contributed by atoms with Crippen molar-refractivity contribution in [2.45, 2.75) is 34.1 Å². The number of hydrogen-bond acceptors (Lipinski definition) is 7. The smallest absolute Gasteiger partial charge is 0.224 e. The van der Waals surface area contributed by atoms with Gasteiger partial charge in [0.1, 0.15) is 22.2 Å². The highest BCUT2D eigenvalue weighted by atomic mass is 32.1. The molecule has 2 aromatic heterocycles. The maximum absolute atomic E-state index is 12.5. The largest absolute Gasteiger partial charge is 0.349 e. The van der Waals surface area contributed by atoms with E-state index in [0.29, 0.717) is 10.7 Å². The van der Waals surface area contributed by atoms with Crippen LogP contribution in [0.15, 0.2) is 10.8 Å². The van der Waals surface area contributed by atoms with Gasteiger partial charge in [0, 0.05) is 23.1 Å². The zero-order valence-corrected chi connectivity index (χ0v) is 16.3. The third-order valence-corrected chi connectivity index (χ3v) is 5.32. The van der Waals surface area contributed by atoms with Gasteiger partial charge in [-0.15, -0.1) is 22.7 Å². The molecule has 0 unspecified atom stereocenters. The Morgan fingerprint density at radius 2 is 1.88 bits per heavy atom. The van der Waals surface area contributed by atoms with Crippen molar-refractivity contribution in [3.05, 3.63) is 21.5 Å². The number of nitrogens with one attached hydrogen (secondary N) is 1. The Labute approximate surface area is 154 Å². The van der Waals surface area contributed by atoms with Gasteiger partial charge in [-0.25, -0.2) is 9.97 Å². The second-order valence-corrected chi connectivity index (χ2v) is 8.11. The van der Waals surface area contributed by atoms with Crippen molar-refractivity contribution in [2.75, 3.05) is 6.54 Å². The molecule has 0 spiro atoms. The molecule has 1 atom stereocenters. The Hall–Kier alpha value is -1.93. The summed E-state index contributed by atoms with van der Waals surface area (Å²) in [5.74, 6) is -1.08. The highest BCUT2D eigenvalue weighted by molar-refractivity contribution is 7.14. The number of aryl methyl sites for hydroxylation is 1. The number of hydrogen-bond donors (Lipinski definition) is 1. The Kier molecular flexibility index (Phi) is 6.55. The first-order valence-electron chi connectivity index (χ1n) is 7.96. The highest BCUT2D eigenvalue weighted by Gasteiger charge is 2.27. The molecule has 0 aliphatic rings. The standard InChI is InChI=1S/C17H21N3O3S2/c1-9(2)12(16(23)18-6-10(3)21)5-15(22)13-7-25-17(20-13)14-8-24-11(4)19-14/h7-9,12H,5-6H2,1-4H3,(H,18,23)/t12-/m0/s1. The van der Waals surface area contributed by atoms with Gasteiger partial charge in [-0.1, -0.05) is 13.8 Å². The summed E-state index contributed by atoms with van der Waals surface area (Å²) in [6.07, 6.45) is 0.0701. The molecule has 0 radical (unpaired) electrons. The van der Waals surface area contributed by atoms with Gasteiger partial charge in [0.05, 0.1) is 11.6 Å². The Balaban J connectivity index is 2.07. The number of carbonyl (C=O) groups is 3. The number of rotatable bonds is 8. The van der Waals surface area contributed by atoms with Gasteiger partial charge in [-0.2, -0.15) is 0 Å². The molecule has 6 nitrogen and oxygen atoms in total. The van der Waals surface area contributed by atoms with E-state index < -0.39 is 5.92 Å². The van der Waals surface area contributed by atoms with Gasteiger partial charge >= 0.3 is 0 Å². The second-order valence-electron chi connectivity index (χ2n) is 6.19. The zero-order chi connectivity index (χ0) is 18.6. The Morgan fingerprint density at radius 1 is 1.16 bits per heavy atom. The van der Waals surface area contributed by atoms with Crippen LogP contribution in [0.25, 0.3) is 10.7 Å². The van der Waals surface area contributed by atoms with Crippen LogP contribution in [0, 0.1) is 18.8 Å². The number of carbonyl (C=O) groups excluding carboxylic acids is 3. The van der Waals surface area contributed by atoms with E-state index in [9.17, 15) is 14.4 Å². The van der Waals surface area contributed by atoms with Gasteiger partial charge in [0.2, 0.25) is 5.91 Å². The van der Waals surface area contributed by atoms with E-state index in [2.05, 4.69) is 15.3 Å². The first-order chi connectivity index (χ1) is 11.8. The fourth-order valence-electron chi connectivity index (χ4n) is 2.26. The van der Waals surface area contributed by atoms with Gasteiger partial charge in [-0.05, 0) is 19.8 Å². The SMILES string of the molecule is CC(=O)CNC(=O)[C@@H](CC(=O)c1csc(-c2csc(C)n2)n1)C(C)C. The van der Waals surface area contributed by atoms with Crippen molar-refractivity contribution in [3.63, 3.8) is 0 Å². The first kappa shape index (κ1) is 19.4. The fourth-order valence-corrected chi connectivity index (χ4v) is 3.72. The molecule has 0 fully saturated rings. The van der Waals surface area contributed by atoms with Crippen molar-refractivity contribution < 1.29 is 14.4 Å². The number of ketones is 2. The van der Waals surface area contributed by atoms with Gasteiger partial charge in [-0.3, -0.25) is 14.4 Å². The second kappa shape index (κ2) is 8.44. The van der Waals surface area contributed by atoms with Crippen LogP contribution in [0.4, 0.5) is 0 Å². The molecule has 134 valence electrons. The summed E-state index contributed by atoms with van der Waals surface area (Å²) in [5, 5.41) is 7.85. The van der Waals surface area contributed by atoms with Crippen molar-refractivity contribution in [3.8, 4) is 10.7 Å². The van der Waals surface area contributed by atoms with Crippen LogP contribution in [0.3, 0.4) is 0 Å². The molecule has 0 saturated carbocycles. The van der Waals surface area contributed by atoms with Crippen LogP contribution in [0.2, 0.25) is 0 Å². The number of Topliss-reactive ketones (excluding diaryl/α,β-unsaturated/α-hetero) is 2. The molecule has 1 N–H and O–H groups in total. The quantitative estimate of drug-likeness (QED) is 0.712. The molecule has 0 aliphatic carbocycles. The van der Waals surface area contributed by atoms with Crippen LogP contribution < -0.4 is 5.32 Å². The summed E-state index contributed by atoms with van der Waals surface area (Å²) in [4.78, 5) is 44.5. The lowest BCUT2D eigenvalue weighted by Gasteiger charge is -2.18.